The largest absolute Gasteiger partial charge is 0.399 e. The summed E-state index contributed by atoms with van der Waals surface area (Å²) in [6.45, 7) is 2.64. The van der Waals surface area contributed by atoms with Gasteiger partial charge >= 0.3 is 0 Å². The zero-order valence-electron chi connectivity index (χ0n) is 11.2. The van der Waals surface area contributed by atoms with Crippen LogP contribution in [-0.2, 0) is 11.3 Å². The fourth-order valence-corrected chi connectivity index (χ4v) is 2.69. The van der Waals surface area contributed by atoms with Crippen molar-refractivity contribution in [3.63, 3.8) is 0 Å². The van der Waals surface area contributed by atoms with Gasteiger partial charge in [0.1, 0.15) is 0 Å². The molecule has 1 heterocycles. The third kappa shape index (κ3) is 3.61. The molecule has 3 N–H and O–H groups in total. The summed E-state index contributed by atoms with van der Waals surface area (Å²) in [6.07, 6.45) is 1.80. The summed E-state index contributed by atoms with van der Waals surface area (Å²) >= 11 is 6.17. The number of rotatable bonds is 3. The number of nitrogen functional groups attached to an aromatic ring is 1. The summed E-state index contributed by atoms with van der Waals surface area (Å²) < 4.78 is 0. The van der Waals surface area contributed by atoms with Crippen LogP contribution in [0.2, 0.25) is 5.02 Å². The van der Waals surface area contributed by atoms with Crippen molar-refractivity contribution in [3.8, 4) is 0 Å². The van der Waals surface area contributed by atoms with Crippen LogP contribution in [0, 0.1) is 5.92 Å². The topological polar surface area (TPSA) is 58.4 Å². The van der Waals surface area contributed by atoms with E-state index in [2.05, 4.69) is 10.2 Å². The number of halogens is 1. The van der Waals surface area contributed by atoms with E-state index in [4.69, 9.17) is 17.3 Å². The van der Waals surface area contributed by atoms with E-state index in [0.29, 0.717) is 0 Å². The van der Waals surface area contributed by atoms with Gasteiger partial charge in [0, 0.05) is 30.2 Å². The third-order valence-corrected chi connectivity index (χ3v) is 4.04. The monoisotopic (exact) mass is 281 g/mol. The molecule has 0 unspecified atom stereocenters. The molecule has 1 aromatic rings. The number of amides is 1. The Bertz CT molecular complexity index is 456. The first-order chi connectivity index (χ1) is 9.10. The Morgan fingerprint density at radius 2 is 2.16 bits per heavy atom. The number of carbonyl (C=O) groups excluding carboxylic acids is 1. The van der Waals surface area contributed by atoms with Crippen molar-refractivity contribution in [2.24, 2.45) is 5.92 Å². The zero-order valence-corrected chi connectivity index (χ0v) is 11.9. The quantitative estimate of drug-likeness (QED) is 0.832. The van der Waals surface area contributed by atoms with Gasteiger partial charge in [0.15, 0.2) is 0 Å². The molecule has 0 radical (unpaired) electrons. The van der Waals surface area contributed by atoms with Crippen LogP contribution < -0.4 is 11.1 Å². The van der Waals surface area contributed by atoms with Crippen LogP contribution in [0.5, 0.6) is 0 Å². The SMILES string of the molecule is CNC(=O)C1CCN(Cc2cc(N)ccc2Cl)CC1. The normalized spacial score (nSPS) is 17.4. The van der Waals surface area contributed by atoms with Crippen molar-refractivity contribution in [1.29, 1.82) is 0 Å². The number of nitrogens with one attached hydrogen (secondary N) is 1. The van der Waals surface area contributed by atoms with Crippen molar-refractivity contribution in [2.75, 3.05) is 25.9 Å². The number of nitrogens with two attached hydrogens (primary N) is 1. The number of benzene rings is 1. The number of carbonyl (C=O) groups is 1. The molecule has 19 heavy (non-hydrogen) atoms. The van der Waals surface area contributed by atoms with Crippen LogP contribution in [0.1, 0.15) is 18.4 Å². The summed E-state index contributed by atoms with van der Waals surface area (Å²) in [5.41, 5.74) is 7.57. The summed E-state index contributed by atoms with van der Waals surface area (Å²) in [4.78, 5) is 13.9. The van der Waals surface area contributed by atoms with Crippen LogP contribution in [0.15, 0.2) is 18.2 Å². The number of hydrogen-bond donors (Lipinski definition) is 2. The van der Waals surface area contributed by atoms with Crippen molar-refractivity contribution in [2.45, 2.75) is 19.4 Å². The molecule has 1 aliphatic rings. The predicted molar refractivity (Wildman–Crippen MR) is 77.9 cm³/mol. The minimum Gasteiger partial charge on any atom is -0.399 e. The third-order valence-electron chi connectivity index (χ3n) is 3.67. The maximum absolute atomic E-state index is 11.6. The molecule has 0 spiro atoms. The van der Waals surface area contributed by atoms with Gasteiger partial charge < -0.3 is 11.1 Å². The number of piperidine rings is 1. The highest BCUT2D eigenvalue weighted by Crippen LogP contribution is 2.24. The lowest BCUT2D eigenvalue weighted by Gasteiger charge is -2.31. The van der Waals surface area contributed by atoms with E-state index in [1.165, 1.54) is 0 Å². The van der Waals surface area contributed by atoms with E-state index in [1.54, 1.807) is 7.05 Å². The van der Waals surface area contributed by atoms with Gasteiger partial charge in [-0.2, -0.15) is 0 Å². The molecule has 104 valence electrons. The average Bonchev–Trinajstić information content (AvgIpc) is 2.43. The van der Waals surface area contributed by atoms with Crippen molar-refractivity contribution < 1.29 is 4.79 Å². The van der Waals surface area contributed by atoms with Gasteiger partial charge in [-0.1, -0.05) is 11.6 Å². The van der Waals surface area contributed by atoms with Gasteiger partial charge in [-0.15, -0.1) is 0 Å². The van der Waals surface area contributed by atoms with Crippen LogP contribution in [0.4, 0.5) is 5.69 Å². The first-order valence-electron chi connectivity index (χ1n) is 6.58. The molecular formula is C14H20ClN3O. The van der Waals surface area contributed by atoms with Crippen LogP contribution in [0.3, 0.4) is 0 Å². The number of likely N-dealkylation sites (tertiary alicyclic amines) is 1. The number of anilines is 1. The Kier molecular flexibility index (Phi) is 4.66. The van der Waals surface area contributed by atoms with Crippen molar-refractivity contribution in [3.05, 3.63) is 28.8 Å². The van der Waals surface area contributed by atoms with Crippen LogP contribution in [0.25, 0.3) is 0 Å². The second-order valence-corrected chi connectivity index (χ2v) is 5.42. The van der Waals surface area contributed by atoms with Crippen molar-refractivity contribution in [1.82, 2.24) is 10.2 Å². The molecule has 0 aliphatic carbocycles. The molecule has 1 aliphatic heterocycles. The molecular weight excluding hydrogens is 262 g/mol. The Morgan fingerprint density at radius 1 is 1.47 bits per heavy atom. The van der Waals surface area contributed by atoms with E-state index in [0.717, 1.165) is 48.7 Å². The minimum atomic E-state index is 0.151. The smallest absolute Gasteiger partial charge is 0.222 e. The summed E-state index contributed by atoms with van der Waals surface area (Å²) in [5.74, 6) is 0.305. The molecule has 1 saturated heterocycles. The Balaban J connectivity index is 1.92. The van der Waals surface area contributed by atoms with E-state index in [1.807, 2.05) is 18.2 Å². The first-order valence-corrected chi connectivity index (χ1v) is 6.96. The molecule has 0 aromatic heterocycles. The fraction of sp³-hybridized carbons (Fsp3) is 0.500. The van der Waals surface area contributed by atoms with Gasteiger partial charge in [-0.05, 0) is 49.7 Å². The van der Waals surface area contributed by atoms with Gasteiger partial charge in [0.2, 0.25) is 5.91 Å². The highest BCUT2D eigenvalue weighted by atomic mass is 35.5. The molecule has 0 atom stereocenters. The molecule has 0 saturated carbocycles. The average molecular weight is 282 g/mol. The van der Waals surface area contributed by atoms with Crippen LogP contribution >= 0.6 is 11.6 Å². The first kappa shape index (κ1) is 14.2. The van der Waals surface area contributed by atoms with Gasteiger partial charge in [0.05, 0.1) is 0 Å². The Morgan fingerprint density at radius 3 is 2.79 bits per heavy atom. The van der Waals surface area contributed by atoms with Crippen LogP contribution in [-0.4, -0.2) is 30.9 Å². The second kappa shape index (κ2) is 6.26. The standard InChI is InChI=1S/C14H20ClN3O/c1-17-14(19)10-4-6-18(7-5-10)9-11-8-12(16)2-3-13(11)15/h2-3,8,10H,4-7,9,16H2,1H3,(H,17,19). The Hall–Kier alpha value is -1.26. The summed E-state index contributed by atoms with van der Waals surface area (Å²) in [7, 11) is 1.70. The van der Waals surface area contributed by atoms with Gasteiger partial charge in [0.25, 0.3) is 0 Å². The number of nitrogens with zero attached hydrogens (tertiary/aromatic N) is 1. The molecule has 0 bridgehead atoms. The van der Waals surface area contributed by atoms with Gasteiger partial charge in [-0.3, -0.25) is 9.69 Å². The lowest BCUT2D eigenvalue weighted by molar-refractivity contribution is -0.125. The Labute approximate surface area is 118 Å². The maximum atomic E-state index is 11.6. The van der Waals surface area contributed by atoms with Gasteiger partial charge in [-0.25, -0.2) is 0 Å². The lowest BCUT2D eigenvalue weighted by Crippen LogP contribution is -2.39. The summed E-state index contributed by atoms with van der Waals surface area (Å²) in [5, 5.41) is 3.47. The van der Waals surface area contributed by atoms with E-state index in [-0.39, 0.29) is 11.8 Å². The lowest BCUT2D eigenvalue weighted by atomic mass is 9.95. The zero-order chi connectivity index (χ0) is 13.8. The molecule has 5 heteroatoms. The van der Waals surface area contributed by atoms with E-state index < -0.39 is 0 Å². The highest BCUT2D eigenvalue weighted by Gasteiger charge is 2.24. The number of hydrogen-bond acceptors (Lipinski definition) is 3. The minimum absolute atomic E-state index is 0.151. The van der Waals surface area contributed by atoms with Crippen molar-refractivity contribution >= 4 is 23.2 Å². The fourth-order valence-electron chi connectivity index (χ4n) is 2.51. The van der Waals surface area contributed by atoms with E-state index >= 15 is 0 Å². The molecule has 1 amide bonds. The summed E-state index contributed by atoms with van der Waals surface area (Å²) in [6, 6.07) is 5.57. The molecule has 4 nitrogen and oxygen atoms in total. The maximum Gasteiger partial charge on any atom is 0.222 e. The van der Waals surface area contributed by atoms with E-state index in [9.17, 15) is 4.79 Å². The second-order valence-electron chi connectivity index (χ2n) is 5.02. The molecule has 1 aromatic carbocycles. The highest BCUT2D eigenvalue weighted by molar-refractivity contribution is 6.31. The predicted octanol–water partition coefficient (Wildman–Crippen LogP) is 1.88. The molecule has 1 fully saturated rings. The molecule has 2 rings (SSSR count).